The maximum absolute atomic E-state index is 13.0. The van der Waals surface area contributed by atoms with Crippen LogP contribution in [0, 0.1) is 11.9 Å². The van der Waals surface area contributed by atoms with E-state index in [0.29, 0.717) is 5.92 Å². The molecule has 0 unspecified atom stereocenters. The van der Waals surface area contributed by atoms with E-state index in [1.807, 2.05) is 0 Å². The first-order chi connectivity index (χ1) is 9.06. The fraction of sp³-hybridized carbons (Fsp3) is 0.571. The number of hydrogen-bond donors (Lipinski definition) is 0. The van der Waals surface area contributed by atoms with Crippen LogP contribution in [0.25, 0.3) is 0 Å². The molecule has 1 aliphatic rings. The number of amides is 1. The van der Waals surface area contributed by atoms with Crippen molar-refractivity contribution in [1.29, 1.82) is 0 Å². The average Bonchev–Trinajstić information content (AvgIpc) is 2.38. The van der Waals surface area contributed by atoms with Gasteiger partial charge in [0.1, 0.15) is 5.69 Å². The van der Waals surface area contributed by atoms with Crippen LogP contribution >= 0.6 is 0 Å². The van der Waals surface area contributed by atoms with Crippen LogP contribution in [-0.4, -0.2) is 54.4 Å². The van der Waals surface area contributed by atoms with Crippen LogP contribution in [0.5, 0.6) is 0 Å². The van der Waals surface area contributed by atoms with Gasteiger partial charge in [0.25, 0.3) is 5.91 Å². The largest absolute Gasteiger partial charge is 0.337 e. The lowest BCUT2D eigenvalue weighted by Crippen LogP contribution is -2.41. The molecule has 4 nitrogen and oxygen atoms in total. The maximum atomic E-state index is 13.0. The molecule has 2 heterocycles. The monoisotopic (exact) mass is 265 g/mol. The second-order valence-corrected chi connectivity index (χ2v) is 5.34. The summed E-state index contributed by atoms with van der Waals surface area (Å²) in [6, 6.07) is 4.34. The SMILES string of the molecule is CN(C)CC1CCN(C(=O)c2cccc(F)n2)CC1. The van der Waals surface area contributed by atoms with Crippen molar-refractivity contribution in [2.45, 2.75) is 12.8 Å². The highest BCUT2D eigenvalue weighted by Crippen LogP contribution is 2.19. The van der Waals surface area contributed by atoms with Gasteiger partial charge in [-0.1, -0.05) is 6.07 Å². The number of hydrogen-bond acceptors (Lipinski definition) is 3. The molecule has 1 fully saturated rings. The van der Waals surface area contributed by atoms with E-state index < -0.39 is 5.95 Å². The van der Waals surface area contributed by atoms with E-state index in [4.69, 9.17) is 0 Å². The number of aromatic nitrogens is 1. The Hall–Kier alpha value is -1.49. The van der Waals surface area contributed by atoms with E-state index in [1.165, 1.54) is 12.1 Å². The van der Waals surface area contributed by atoms with E-state index in [0.717, 1.165) is 32.5 Å². The third kappa shape index (κ3) is 3.73. The number of rotatable bonds is 3. The molecule has 0 aromatic carbocycles. The molecular formula is C14H20FN3O. The molecule has 1 amide bonds. The average molecular weight is 265 g/mol. The van der Waals surface area contributed by atoms with E-state index in [-0.39, 0.29) is 11.6 Å². The highest BCUT2D eigenvalue weighted by atomic mass is 19.1. The number of carbonyl (C=O) groups is 1. The molecule has 0 aliphatic carbocycles. The first kappa shape index (κ1) is 13.9. The summed E-state index contributed by atoms with van der Waals surface area (Å²) < 4.78 is 13.0. The minimum absolute atomic E-state index is 0.164. The van der Waals surface area contributed by atoms with Gasteiger partial charge in [-0.25, -0.2) is 4.98 Å². The molecule has 0 bridgehead atoms. The number of carbonyl (C=O) groups excluding carboxylic acids is 1. The van der Waals surface area contributed by atoms with Gasteiger partial charge < -0.3 is 9.80 Å². The van der Waals surface area contributed by atoms with Crippen molar-refractivity contribution in [3.05, 3.63) is 29.8 Å². The molecule has 104 valence electrons. The fourth-order valence-corrected chi connectivity index (χ4v) is 2.52. The van der Waals surface area contributed by atoms with Crippen LogP contribution in [0.3, 0.4) is 0 Å². The molecule has 5 heteroatoms. The zero-order valence-electron chi connectivity index (χ0n) is 11.5. The quantitative estimate of drug-likeness (QED) is 0.779. The predicted molar refractivity (Wildman–Crippen MR) is 71.4 cm³/mol. The van der Waals surface area contributed by atoms with Gasteiger partial charge in [-0.05, 0) is 45.0 Å². The molecule has 1 aromatic heterocycles. The Labute approximate surface area is 113 Å². The smallest absolute Gasteiger partial charge is 0.272 e. The number of nitrogens with zero attached hydrogens (tertiary/aromatic N) is 3. The summed E-state index contributed by atoms with van der Waals surface area (Å²) in [5, 5.41) is 0. The third-order valence-corrected chi connectivity index (χ3v) is 3.46. The molecule has 0 N–H and O–H groups in total. The standard InChI is InChI=1S/C14H20FN3O/c1-17(2)10-11-6-8-18(9-7-11)14(19)12-4-3-5-13(15)16-12/h3-5,11H,6-10H2,1-2H3. The Morgan fingerprint density at radius 1 is 1.42 bits per heavy atom. The van der Waals surface area contributed by atoms with Gasteiger partial charge in [-0.15, -0.1) is 0 Å². The molecule has 0 atom stereocenters. The van der Waals surface area contributed by atoms with Gasteiger partial charge in [0.05, 0.1) is 0 Å². The minimum Gasteiger partial charge on any atom is -0.337 e. The maximum Gasteiger partial charge on any atom is 0.272 e. The lowest BCUT2D eigenvalue weighted by atomic mass is 9.96. The lowest BCUT2D eigenvalue weighted by molar-refractivity contribution is 0.0671. The van der Waals surface area contributed by atoms with Crippen LogP contribution in [0.1, 0.15) is 23.3 Å². The van der Waals surface area contributed by atoms with Crippen molar-refractivity contribution in [3.8, 4) is 0 Å². The summed E-state index contributed by atoms with van der Waals surface area (Å²) in [5.41, 5.74) is 0.200. The first-order valence-electron chi connectivity index (χ1n) is 6.63. The highest BCUT2D eigenvalue weighted by molar-refractivity contribution is 5.92. The van der Waals surface area contributed by atoms with Crippen molar-refractivity contribution in [2.75, 3.05) is 33.7 Å². The molecule has 1 aromatic rings. The van der Waals surface area contributed by atoms with Crippen LogP contribution in [-0.2, 0) is 0 Å². The number of pyridine rings is 1. The van der Waals surface area contributed by atoms with Crippen LogP contribution in [0.2, 0.25) is 0 Å². The number of halogens is 1. The van der Waals surface area contributed by atoms with Gasteiger partial charge in [-0.3, -0.25) is 4.79 Å². The topological polar surface area (TPSA) is 36.4 Å². The molecule has 0 radical (unpaired) electrons. The second-order valence-electron chi connectivity index (χ2n) is 5.34. The zero-order chi connectivity index (χ0) is 13.8. The second kappa shape index (κ2) is 6.10. The Morgan fingerprint density at radius 3 is 2.68 bits per heavy atom. The van der Waals surface area contributed by atoms with Crippen molar-refractivity contribution < 1.29 is 9.18 Å². The van der Waals surface area contributed by atoms with Crippen molar-refractivity contribution in [2.24, 2.45) is 5.92 Å². The summed E-state index contributed by atoms with van der Waals surface area (Å²) >= 11 is 0. The number of piperidine rings is 1. The molecule has 0 saturated carbocycles. The molecular weight excluding hydrogens is 245 g/mol. The summed E-state index contributed by atoms with van der Waals surface area (Å²) in [7, 11) is 4.13. The Kier molecular flexibility index (Phi) is 4.47. The molecule has 19 heavy (non-hydrogen) atoms. The fourth-order valence-electron chi connectivity index (χ4n) is 2.52. The van der Waals surface area contributed by atoms with E-state index >= 15 is 0 Å². The first-order valence-corrected chi connectivity index (χ1v) is 6.63. The summed E-state index contributed by atoms with van der Waals surface area (Å²) in [4.78, 5) is 19.8. The van der Waals surface area contributed by atoms with Crippen LogP contribution in [0.4, 0.5) is 4.39 Å². The van der Waals surface area contributed by atoms with E-state index in [1.54, 1.807) is 11.0 Å². The van der Waals surface area contributed by atoms with E-state index in [2.05, 4.69) is 24.0 Å². The van der Waals surface area contributed by atoms with Crippen LogP contribution < -0.4 is 0 Å². The van der Waals surface area contributed by atoms with Crippen molar-refractivity contribution >= 4 is 5.91 Å². The minimum atomic E-state index is -0.603. The van der Waals surface area contributed by atoms with E-state index in [9.17, 15) is 9.18 Å². The highest BCUT2D eigenvalue weighted by Gasteiger charge is 2.24. The van der Waals surface area contributed by atoms with Crippen molar-refractivity contribution in [3.63, 3.8) is 0 Å². The van der Waals surface area contributed by atoms with Gasteiger partial charge in [0.2, 0.25) is 5.95 Å². The van der Waals surface area contributed by atoms with Gasteiger partial charge >= 0.3 is 0 Å². The molecule has 0 spiro atoms. The molecule has 1 saturated heterocycles. The Bertz CT molecular complexity index is 442. The molecule has 2 rings (SSSR count). The summed E-state index contributed by atoms with van der Waals surface area (Å²) in [5.74, 6) is -0.129. The predicted octanol–water partition coefficient (Wildman–Crippen LogP) is 1.63. The molecule has 1 aliphatic heterocycles. The lowest BCUT2D eigenvalue weighted by Gasteiger charge is -2.33. The summed E-state index contributed by atoms with van der Waals surface area (Å²) in [6.45, 7) is 2.52. The Balaban J connectivity index is 1.92. The number of likely N-dealkylation sites (tertiary alicyclic amines) is 1. The normalized spacial score (nSPS) is 16.9. The third-order valence-electron chi connectivity index (χ3n) is 3.46. The van der Waals surface area contributed by atoms with Crippen molar-refractivity contribution in [1.82, 2.24) is 14.8 Å². The summed E-state index contributed by atoms with van der Waals surface area (Å²) in [6.07, 6.45) is 2.00. The zero-order valence-corrected chi connectivity index (χ0v) is 11.5. The van der Waals surface area contributed by atoms with Crippen LogP contribution in [0.15, 0.2) is 18.2 Å². The van der Waals surface area contributed by atoms with Gasteiger partial charge in [0.15, 0.2) is 0 Å². The Morgan fingerprint density at radius 2 is 2.11 bits per heavy atom. The van der Waals surface area contributed by atoms with Gasteiger partial charge in [-0.2, -0.15) is 4.39 Å². The van der Waals surface area contributed by atoms with Gasteiger partial charge in [0, 0.05) is 19.6 Å².